The highest BCUT2D eigenvalue weighted by Gasteiger charge is 2.61. The number of nitrogens with one attached hydrogen (secondary N) is 2. The van der Waals surface area contributed by atoms with Crippen molar-refractivity contribution in [3.05, 3.63) is 62.1 Å². The molecule has 1 heterocycles. The number of nitrogens with zero attached hydrogens (tertiary/aromatic N) is 1. The molecule has 2 atom stereocenters. The molecule has 0 aliphatic rings. The van der Waals surface area contributed by atoms with Crippen LogP contribution >= 0.6 is 22.6 Å². The van der Waals surface area contributed by atoms with Crippen LogP contribution in [0, 0.1) is 20.8 Å². The molecular formula is C27H37F3IN3O5Si. The molecule has 0 spiro atoms. The molecule has 8 nitrogen and oxygen atoms in total. The number of halogens is 4. The second-order valence-corrected chi connectivity index (χ2v) is 14.8. The van der Waals surface area contributed by atoms with E-state index in [4.69, 9.17) is 9.16 Å². The summed E-state index contributed by atoms with van der Waals surface area (Å²) in [7, 11) is -2.11. The van der Waals surface area contributed by atoms with Gasteiger partial charge in [0.2, 0.25) is 5.91 Å². The van der Waals surface area contributed by atoms with Gasteiger partial charge in [0.15, 0.2) is 9.04 Å². The van der Waals surface area contributed by atoms with Crippen LogP contribution in [0.2, 0.25) is 13.1 Å². The number of hydrogen-bond acceptors (Lipinski definition) is 5. The Kier molecular flexibility index (Phi) is 11.4. The van der Waals surface area contributed by atoms with Gasteiger partial charge in [0.05, 0.1) is 0 Å². The predicted molar refractivity (Wildman–Crippen MR) is 158 cm³/mol. The molecule has 2 rings (SSSR count). The van der Waals surface area contributed by atoms with Crippen LogP contribution in [0.3, 0.4) is 0 Å². The quantitative estimate of drug-likeness (QED) is 0.184. The summed E-state index contributed by atoms with van der Waals surface area (Å²) in [4.78, 5) is 38.7. The summed E-state index contributed by atoms with van der Waals surface area (Å²) in [6.45, 7) is 10.4. The highest BCUT2D eigenvalue weighted by atomic mass is 127. The van der Waals surface area contributed by atoms with Crippen molar-refractivity contribution >= 4 is 49.3 Å². The average Bonchev–Trinajstić information content (AvgIpc) is 2.78. The fourth-order valence-corrected chi connectivity index (χ4v) is 6.53. The van der Waals surface area contributed by atoms with E-state index in [2.05, 4.69) is 10.6 Å². The maximum absolute atomic E-state index is 14.5. The van der Waals surface area contributed by atoms with Gasteiger partial charge in [0.25, 0.3) is 5.56 Å². The summed E-state index contributed by atoms with van der Waals surface area (Å²) in [6, 6.07) is 10.4. The topological polar surface area (TPSA) is 98.7 Å². The van der Waals surface area contributed by atoms with Crippen LogP contribution in [-0.4, -0.2) is 37.5 Å². The standard InChI is InChI=1S/C27H37F3IN3O5Si/c1-17(2)26(39-40(6)7,23(25(3,4)5)27(28,29)30)33-21(35)15-34-14-19(31)13-20(22(34)36)32-24(37)38-16-18-11-9-8-10-12-18/h8-14,17,23,40H,15-16H2,1-7H3,(H,32,37)(H,33,35). The lowest BCUT2D eigenvalue weighted by atomic mass is 9.70. The maximum atomic E-state index is 14.5. The van der Waals surface area contributed by atoms with Crippen LogP contribution in [0.1, 0.15) is 40.2 Å². The summed E-state index contributed by atoms with van der Waals surface area (Å²) in [6.07, 6.45) is -4.18. The Morgan fingerprint density at radius 3 is 2.20 bits per heavy atom. The molecule has 0 aliphatic heterocycles. The number of alkyl halides is 3. The zero-order valence-electron chi connectivity index (χ0n) is 23.7. The summed E-state index contributed by atoms with van der Waals surface area (Å²) < 4.78 is 56.4. The number of rotatable bonds is 10. The molecule has 2 aromatic rings. The number of amides is 2. The Morgan fingerprint density at radius 2 is 1.70 bits per heavy atom. The molecule has 0 saturated carbocycles. The highest BCUT2D eigenvalue weighted by molar-refractivity contribution is 14.1. The molecule has 13 heteroatoms. The third-order valence-corrected chi connectivity index (χ3v) is 7.51. The van der Waals surface area contributed by atoms with Crippen molar-refractivity contribution in [2.45, 2.75) is 72.8 Å². The zero-order chi connectivity index (χ0) is 30.5. The van der Waals surface area contributed by atoms with E-state index in [0.29, 0.717) is 3.57 Å². The summed E-state index contributed by atoms with van der Waals surface area (Å²) in [5.74, 6) is -3.61. The first kappa shape index (κ1) is 33.8. The first-order valence-electron chi connectivity index (χ1n) is 12.8. The summed E-state index contributed by atoms with van der Waals surface area (Å²) in [5.41, 5.74) is -3.47. The molecule has 1 aromatic carbocycles. The van der Waals surface area contributed by atoms with Crippen molar-refractivity contribution < 1.29 is 31.9 Å². The third-order valence-electron chi connectivity index (χ3n) is 6.06. The van der Waals surface area contributed by atoms with Gasteiger partial charge < -0.3 is 19.0 Å². The fourth-order valence-electron chi connectivity index (χ4n) is 4.64. The molecule has 2 unspecified atom stereocenters. The zero-order valence-corrected chi connectivity index (χ0v) is 27.0. The second-order valence-electron chi connectivity index (χ2n) is 11.2. The van der Waals surface area contributed by atoms with Gasteiger partial charge in [-0.05, 0) is 52.7 Å². The Balaban J connectivity index is 2.35. The molecule has 0 saturated heterocycles. The minimum atomic E-state index is -4.69. The van der Waals surface area contributed by atoms with Crippen molar-refractivity contribution in [3.63, 3.8) is 0 Å². The molecule has 0 aliphatic carbocycles. The lowest BCUT2D eigenvalue weighted by molar-refractivity contribution is -0.265. The number of aromatic nitrogens is 1. The van der Waals surface area contributed by atoms with Gasteiger partial charge in [0, 0.05) is 15.7 Å². The van der Waals surface area contributed by atoms with Gasteiger partial charge in [-0.3, -0.25) is 14.9 Å². The molecule has 2 amide bonds. The number of carbonyl (C=O) groups excluding carboxylic acids is 2. The Morgan fingerprint density at radius 1 is 1.10 bits per heavy atom. The number of pyridine rings is 1. The molecule has 0 bridgehead atoms. The molecule has 0 fully saturated rings. The van der Waals surface area contributed by atoms with E-state index >= 15 is 0 Å². The van der Waals surface area contributed by atoms with E-state index in [1.165, 1.54) is 33.0 Å². The second kappa shape index (κ2) is 13.5. The lowest BCUT2D eigenvalue weighted by Crippen LogP contribution is -2.67. The van der Waals surface area contributed by atoms with Crippen molar-refractivity contribution in [1.29, 1.82) is 0 Å². The molecule has 0 radical (unpaired) electrons. The minimum absolute atomic E-state index is 0.0161. The maximum Gasteiger partial charge on any atom is 0.412 e. The van der Waals surface area contributed by atoms with Gasteiger partial charge in [0.1, 0.15) is 30.5 Å². The number of carbonyl (C=O) groups is 2. The highest BCUT2D eigenvalue weighted by Crippen LogP contribution is 2.49. The van der Waals surface area contributed by atoms with E-state index in [-0.39, 0.29) is 12.3 Å². The van der Waals surface area contributed by atoms with Gasteiger partial charge in [-0.15, -0.1) is 0 Å². The summed E-state index contributed by atoms with van der Waals surface area (Å²) in [5, 5.41) is 4.93. The first-order chi connectivity index (χ1) is 18.4. The van der Waals surface area contributed by atoms with Crippen LogP contribution < -0.4 is 16.2 Å². The van der Waals surface area contributed by atoms with E-state index in [9.17, 15) is 27.6 Å². The molecule has 2 N–H and O–H groups in total. The van der Waals surface area contributed by atoms with Crippen LogP contribution in [0.4, 0.5) is 23.7 Å². The first-order valence-corrected chi connectivity index (χ1v) is 16.7. The van der Waals surface area contributed by atoms with E-state index < -0.39 is 62.3 Å². The van der Waals surface area contributed by atoms with Crippen molar-refractivity contribution in [1.82, 2.24) is 9.88 Å². The van der Waals surface area contributed by atoms with Crippen LogP contribution in [-0.2, 0) is 27.1 Å². The van der Waals surface area contributed by atoms with E-state index in [1.54, 1.807) is 51.2 Å². The molecular weight excluding hydrogens is 658 g/mol. The normalized spacial score (nSPS) is 14.5. The van der Waals surface area contributed by atoms with Crippen LogP contribution in [0.25, 0.3) is 0 Å². The van der Waals surface area contributed by atoms with Gasteiger partial charge in [-0.1, -0.05) is 65.0 Å². The van der Waals surface area contributed by atoms with Gasteiger partial charge in [-0.2, -0.15) is 13.2 Å². The summed E-state index contributed by atoms with van der Waals surface area (Å²) >= 11 is 1.91. The SMILES string of the molecule is CC(C)C(NC(=O)Cn1cc(I)cc(NC(=O)OCc2ccccc2)c1=O)(O[SiH](C)C)C(C(C)(C)C)C(F)(F)F. The van der Waals surface area contributed by atoms with E-state index in [0.717, 1.165) is 10.1 Å². The third kappa shape index (κ3) is 9.06. The monoisotopic (exact) mass is 695 g/mol. The molecule has 222 valence electrons. The Bertz CT molecular complexity index is 1220. The fraction of sp³-hybridized carbons (Fsp3) is 0.519. The van der Waals surface area contributed by atoms with Crippen LogP contribution in [0.15, 0.2) is 47.4 Å². The largest absolute Gasteiger partial charge is 0.444 e. The van der Waals surface area contributed by atoms with Crippen LogP contribution in [0.5, 0.6) is 0 Å². The number of ether oxygens (including phenoxy) is 1. The van der Waals surface area contributed by atoms with Crippen molar-refractivity contribution in [2.75, 3.05) is 5.32 Å². The Labute approximate surface area is 247 Å². The van der Waals surface area contributed by atoms with Crippen molar-refractivity contribution in [3.8, 4) is 0 Å². The lowest BCUT2D eigenvalue weighted by Gasteiger charge is -2.51. The number of benzene rings is 1. The average molecular weight is 696 g/mol. The number of hydrogen-bond donors (Lipinski definition) is 2. The van der Waals surface area contributed by atoms with Gasteiger partial charge in [-0.25, -0.2) is 4.79 Å². The Hall–Kier alpha value is -2.39. The predicted octanol–water partition coefficient (Wildman–Crippen LogP) is 5.89. The molecule has 40 heavy (non-hydrogen) atoms. The minimum Gasteiger partial charge on any atom is -0.444 e. The van der Waals surface area contributed by atoms with E-state index in [1.807, 2.05) is 28.7 Å². The van der Waals surface area contributed by atoms with Crippen molar-refractivity contribution in [2.24, 2.45) is 17.3 Å². The smallest absolute Gasteiger partial charge is 0.412 e. The molecule has 1 aromatic heterocycles. The van der Waals surface area contributed by atoms with Gasteiger partial charge >= 0.3 is 12.3 Å². The number of anilines is 1.